The molecule has 0 saturated heterocycles. The number of aromatic nitrogens is 2. The first-order valence-corrected chi connectivity index (χ1v) is 5.47. The minimum Gasteiger partial charge on any atom is -0.497 e. The van der Waals surface area contributed by atoms with Crippen molar-refractivity contribution in [3.63, 3.8) is 0 Å². The zero-order chi connectivity index (χ0) is 14.0. The largest absolute Gasteiger partial charge is 0.497 e. The van der Waals surface area contributed by atoms with Crippen molar-refractivity contribution in [2.45, 2.75) is 0 Å². The zero-order valence-corrected chi connectivity index (χ0v) is 10.5. The SMILES string of the molecule is COc1ccc(C=O)c(-c2cc(C(=O)O)nn2C)c1. The number of aryl methyl sites for hydroxylation is 1. The molecule has 98 valence electrons. The van der Waals surface area contributed by atoms with E-state index in [1.165, 1.54) is 17.9 Å². The Hall–Kier alpha value is -2.63. The van der Waals surface area contributed by atoms with E-state index < -0.39 is 5.97 Å². The highest BCUT2D eigenvalue weighted by Gasteiger charge is 2.15. The van der Waals surface area contributed by atoms with Gasteiger partial charge in [0, 0.05) is 18.2 Å². The van der Waals surface area contributed by atoms with Crippen LogP contribution in [0, 0.1) is 0 Å². The number of carbonyl (C=O) groups is 2. The number of carboxylic acid groups (broad SMARTS) is 1. The highest BCUT2D eigenvalue weighted by molar-refractivity contribution is 5.90. The summed E-state index contributed by atoms with van der Waals surface area (Å²) in [7, 11) is 3.14. The second-order valence-corrected chi connectivity index (χ2v) is 3.91. The van der Waals surface area contributed by atoms with Gasteiger partial charge in [0.25, 0.3) is 0 Å². The van der Waals surface area contributed by atoms with Crippen molar-refractivity contribution in [1.29, 1.82) is 0 Å². The number of ether oxygens (including phenoxy) is 1. The second-order valence-electron chi connectivity index (χ2n) is 3.91. The molecule has 0 aliphatic heterocycles. The van der Waals surface area contributed by atoms with Crippen molar-refractivity contribution in [3.8, 4) is 17.0 Å². The van der Waals surface area contributed by atoms with Crippen molar-refractivity contribution in [2.24, 2.45) is 7.05 Å². The van der Waals surface area contributed by atoms with Gasteiger partial charge in [-0.1, -0.05) is 0 Å². The molecule has 2 aromatic rings. The number of nitrogens with zero attached hydrogens (tertiary/aromatic N) is 2. The summed E-state index contributed by atoms with van der Waals surface area (Å²) in [6.45, 7) is 0. The summed E-state index contributed by atoms with van der Waals surface area (Å²) in [4.78, 5) is 22.0. The molecule has 0 radical (unpaired) electrons. The Morgan fingerprint density at radius 2 is 2.16 bits per heavy atom. The Morgan fingerprint density at radius 3 is 2.68 bits per heavy atom. The summed E-state index contributed by atoms with van der Waals surface area (Å²) in [6, 6.07) is 6.38. The predicted octanol–water partition coefficient (Wildman–Crippen LogP) is 1.61. The van der Waals surface area contributed by atoms with E-state index in [4.69, 9.17) is 9.84 Å². The fourth-order valence-electron chi connectivity index (χ4n) is 1.81. The zero-order valence-electron chi connectivity index (χ0n) is 10.5. The van der Waals surface area contributed by atoms with E-state index in [9.17, 15) is 9.59 Å². The van der Waals surface area contributed by atoms with Crippen LogP contribution in [-0.4, -0.2) is 34.3 Å². The summed E-state index contributed by atoms with van der Waals surface area (Å²) in [5.74, 6) is -0.531. The Kier molecular flexibility index (Phi) is 3.33. The molecule has 1 aromatic heterocycles. The molecule has 0 aliphatic rings. The van der Waals surface area contributed by atoms with Gasteiger partial charge in [0.1, 0.15) is 5.75 Å². The van der Waals surface area contributed by atoms with Gasteiger partial charge in [0.15, 0.2) is 12.0 Å². The van der Waals surface area contributed by atoms with Crippen molar-refractivity contribution in [2.75, 3.05) is 7.11 Å². The van der Waals surface area contributed by atoms with Gasteiger partial charge in [-0.2, -0.15) is 5.10 Å². The van der Waals surface area contributed by atoms with Crippen molar-refractivity contribution < 1.29 is 19.4 Å². The highest BCUT2D eigenvalue weighted by atomic mass is 16.5. The Bertz CT molecular complexity index is 646. The molecule has 0 atom stereocenters. The Labute approximate surface area is 109 Å². The maximum absolute atomic E-state index is 11.1. The van der Waals surface area contributed by atoms with Crippen molar-refractivity contribution in [3.05, 3.63) is 35.5 Å². The minimum absolute atomic E-state index is 0.0721. The summed E-state index contributed by atoms with van der Waals surface area (Å²) in [6.07, 6.45) is 0.711. The maximum Gasteiger partial charge on any atom is 0.356 e. The summed E-state index contributed by atoms with van der Waals surface area (Å²) in [5.41, 5.74) is 1.49. The topological polar surface area (TPSA) is 81.4 Å². The summed E-state index contributed by atoms with van der Waals surface area (Å²) in [5, 5.41) is 12.8. The molecule has 19 heavy (non-hydrogen) atoms. The number of rotatable bonds is 4. The Balaban J connectivity index is 2.62. The minimum atomic E-state index is -1.11. The molecule has 0 spiro atoms. The number of aromatic carboxylic acids is 1. The van der Waals surface area contributed by atoms with Crippen LogP contribution in [0.15, 0.2) is 24.3 Å². The third-order valence-electron chi connectivity index (χ3n) is 2.76. The van der Waals surface area contributed by atoms with E-state index in [2.05, 4.69) is 5.10 Å². The van der Waals surface area contributed by atoms with Crippen LogP contribution in [0.1, 0.15) is 20.8 Å². The first-order valence-electron chi connectivity index (χ1n) is 5.47. The third kappa shape index (κ3) is 2.33. The third-order valence-corrected chi connectivity index (χ3v) is 2.76. The number of hydrogen-bond donors (Lipinski definition) is 1. The van der Waals surface area contributed by atoms with E-state index in [-0.39, 0.29) is 5.69 Å². The molecular weight excluding hydrogens is 248 g/mol. The van der Waals surface area contributed by atoms with E-state index >= 15 is 0 Å². The van der Waals surface area contributed by atoms with Gasteiger partial charge in [-0.15, -0.1) is 0 Å². The lowest BCUT2D eigenvalue weighted by molar-refractivity contribution is 0.0689. The van der Waals surface area contributed by atoms with E-state index in [0.717, 1.165) is 0 Å². The molecule has 6 heteroatoms. The number of carbonyl (C=O) groups excluding carboxylic acids is 1. The first kappa shape index (κ1) is 12.8. The molecule has 1 aromatic carbocycles. The summed E-state index contributed by atoms with van der Waals surface area (Å²) < 4.78 is 6.53. The monoisotopic (exact) mass is 260 g/mol. The molecular formula is C13H12N2O4. The van der Waals surface area contributed by atoms with Crippen LogP contribution >= 0.6 is 0 Å². The average Bonchev–Trinajstić information content (AvgIpc) is 2.80. The lowest BCUT2D eigenvalue weighted by Crippen LogP contribution is -2.00. The fourth-order valence-corrected chi connectivity index (χ4v) is 1.81. The van der Waals surface area contributed by atoms with Gasteiger partial charge >= 0.3 is 5.97 Å². The molecule has 1 heterocycles. The van der Waals surface area contributed by atoms with Gasteiger partial charge in [0.05, 0.1) is 12.8 Å². The molecule has 1 N–H and O–H groups in total. The average molecular weight is 260 g/mol. The van der Waals surface area contributed by atoms with Gasteiger partial charge in [-0.3, -0.25) is 9.48 Å². The predicted molar refractivity (Wildman–Crippen MR) is 67.5 cm³/mol. The van der Waals surface area contributed by atoms with Crippen LogP contribution in [0.4, 0.5) is 0 Å². The molecule has 0 saturated carbocycles. The number of hydrogen-bond acceptors (Lipinski definition) is 4. The van der Waals surface area contributed by atoms with Gasteiger partial charge in [0.2, 0.25) is 0 Å². The van der Waals surface area contributed by atoms with Crippen LogP contribution in [0.25, 0.3) is 11.3 Å². The first-order chi connectivity index (χ1) is 9.06. The summed E-state index contributed by atoms with van der Waals surface area (Å²) >= 11 is 0. The fraction of sp³-hybridized carbons (Fsp3) is 0.154. The maximum atomic E-state index is 11.1. The Morgan fingerprint density at radius 1 is 1.42 bits per heavy atom. The lowest BCUT2D eigenvalue weighted by atomic mass is 10.0. The number of carboxylic acids is 1. The van der Waals surface area contributed by atoms with Crippen molar-refractivity contribution >= 4 is 12.3 Å². The van der Waals surface area contributed by atoms with Crippen LogP contribution in [0.2, 0.25) is 0 Å². The number of aldehydes is 1. The van der Waals surface area contributed by atoms with Gasteiger partial charge in [-0.25, -0.2) is 4.79 Å². The standard InChI is InChI=1S/C13H12N2O4/c1-15-12(6-11(14-15)13(17)18)10-5-9(19-2)4-3-8(10)7-16/h3-7H,1-2H3,(H,17,18). The second kappa shape index (κ2) is 4.93. The van der Waals surface area contributed by atoms with E-state index in [0.29, 0.717) is 28.9 Å². The van der Waals surface area contributed by atoms with Gasteiger partial charge < -0.3 is 9.84 Å². The van der Waals surface area contributed by atoms with E-state index in [1.807, 2.05) is 0 Å². The molecule has 0 amide bonds. The van der Waals surface area contributed by atoms with Crippen LogP contribution in [0.3, 0.4) is 0 Å². The number of methoxy groups -OCH3 is 1. The molecule has 6 nitrogen and oxygen atoms in total. The molecule has 0 unspecified atom stereocenters. The molecule has 0 bridgehead atoms. The highest BCUT2D eigenvalue weighted by Crippen LogP contribution is 2.27. The molecule has 2 rings (SSSR count). The van der Waals surface area contributed by atoms with Crippen LogP contribution < -0.4 is 4.74 Å². The molecule has 0 fully saturated rings. The quantitative estimate of drug-likeness (QED) is 0.844. The number of benzene rings is 1. The van der Waals surface area contributed by atoms with Crippen LogP contribution in [-0.2, 0) is 7.05 Å². The van der Waals surface area contributed by atoms with Gasteiger partial charge in [-0.05, 0) is 24.3 Å². The van der Waals surface area contributed by atoms with E-state index in [1.54, 1.807) is 25.2 Å². The smallest absolute Gasteiger partial charge is 0.356 e. The van der Waals surface area contributed by atoms with Crippen molar-refractivity contribution in [1.82, 2.24) is 9.78 Å². The lowest BCUT2D eigenvalue weighted by Gasteiger charge is -2.07. The van der Waals surface area contributed by atoms with Crippen LogP contribution in [0.5, 0.6) is 5.75 Å². The molecule has 0 aliphatic carbocycles. The normalized spacial score (nSPS) is 10.2.